The van der Waals surface area contributed by atoms with E-state index < -0.39 is 9.84 Å². The second kappa shape index (κ2) is 7.37. The number of nitrogens with zero attached hydrogens (tertiary/aromatic N) is 2. The highest BCUT2D eigenvalue weighted by Crippen LogP contribution is 2.22. The Labute approximate surface area is 139 Å². The molecule has 0 unspecified atom stereocenters. The first kappa shape index (κ1) is 17.8. The molecule has 0 radical (unpaired) electrons. The van der Waals surface area contributed by atoms with Gasteiger partial charge in [0.2, 0.25) is 5.91 Å². The van der Waals surface area contributed by atoms with E-state index in [1.807, 2.05) is 11.5 Å². The molecule has 0 spiro atoms. The van der Waals surface area contributed by atoms with Gasteiger partial charge in [-0.15, -0.1) is 0 Å². The van der Waals surface area contributed by atoms with E-state index in [4.69, 9.17) is 4.74 Å². The van der Waals surface area contributed by atoms with Crippen molar-refractivity contribution in [1.29, 1.82) is 0 Å². The molecule has 0 fully saturated rings. The molecule has 0 saturated carbocycles. The molecule has 1 heterocycles. The van der Waals surface area contributed by atoms with Crippen LogP contribution in [0.5, 0.6) is 0 Å². The summed E-state index contributed by atoms with van der Waals surface area (Å²) in [5.41, 5.74) is 0.852. The molecule has 2 rings (SSSR count). The number of fused-ring (bicyclic) bond motifs is 1. The first-order valence-corrected chi connectivity index (χ1v) is 10.1. The molecule has 0 aliphatic rings. The minimum absolute atomic E-state index is 0.204. The van der Waals surface area contributed by atoms with Crippen LogP contribution in [0, 0.1) is 0 Å². The standard InChI is InChI=1S/C15H20N2O4S2/c1-4-14(18)16-15-17(8-9-21-5-2)12-7-6-11(23(3,19)20)10-13(12)22-15/h6-7,10H,4-5,8-9H2,1-3H3. The number of hydrogen-bond donors (Lipinski definition) is 0. The molecule has 0 N–H and O–H groups in total. The Morgan fingerprint density at radius 3 is 2.70 bits per heavy atom. The quantitative estimate of drug-likeness (QED) is 0.742. The summed E-state index contributed by atoms with van der Waals surface area (Å²) in [5.74, 6) is -0.204. The van der Waals surface area contributed by atoms with Crippen LogP contribution in [0.1, 0.15) is 20.3 Å². The summed E-state index contributed by atoms with van der Waals surface area (Å²) in [5, 5.41) is 0. The van der Waals surface area contributed by atoms with Crippen molar-refractivity contribution in [2.45, 2.75) is 31.7 Å². The number of benzene rings is 1. The van der Waals surface area contributed by atoms with Gasteiger partial charge in [-0.1, -0.05) is 18.3 Å². The molecule has 23 heavy (non-hydrogen) atoms. The van der Waals surface area contributed by atoms with Gasteiger partial charge in [0, 0.05) is 25.8 Å². The van der Waals surface area contributed by atoms with Crippen LogP contribution in [-0.4, -0.2) is 38.4 Å². The van der Waals surface area contributed by atoms with E-state index >= 15 is 0 Å². The third-order valence-electron chi connectivity index (χ3n) is 3.27. The Bertz CT molecular complexity index is 879. The molecule has 1 amide bonds. The Balaban J connectivity index is 2.60. The van der Waals surface area contributed by atoms with E-state index in [0.29, 0.717) is 31.0 Å². The van der Waals surface area contributed by atoms with Gasteiger partial charge in [-0.25, -0.2) is 8.42 Å². The number of aromatic nitrogens is 1. The second-order valence-corrected chi connectivity index (χ2v) is 8.02. The molecule has 0 atom stereocenters. The lowest BCUT2D eigenvalue weighted by molar-refractivity contribution is -0.117. The Morgan fingerprint density at radius 1 is 1.35 bits per heavy atom. The van der Waals surface area contributed by atoms with Crippen molar-refractivity contribution in [3.63, 3.8) is 0 Å². The first-order chi connectivity index (χ1) is 10.9. The van der Waals surface area contributed by atoms with Crippen molar-refractivity contribution in [2.24, 2.45) is 4.99 Å². The minimum Gasteiger partial charge on any atom is -0.380 e. The molecular weight excluding hydrogens is 336 g/mol. The van der Waals surface area contributed by atoms with Gasteiger partial charge in [-0.3, -0.25) is 4.79 Å². The van der Waals surface area contributed by atoms with Crippen molar-refractivity contribution in [3.05, 3.63) is 23.0 Å². The fraction of sp³-hybridized carbons (Fsp3) is 0.467. The van der Waals surface area contributed by atoms with Crippen LogP contribution >= 0.6 is 11.3 Å². The Hall–Kier alpha value is -1.51. The number of rotatable bonds is 6. The van der Waals surface area contributed by atoms with Gasteiger partial charge in [0.25, 0.3) is 0 Å². The predicted molar refractivity (Wildman–Crippen MR) is 90.3 cm³/mol. The highest BCUT2D eigenvalue weighted by molar-refractivity contribution is 7.90. The van der Waals surface area contributed by atoms with Crippen LogP contribution < -0.4 is 4.80 Å². The molecule has 1 aromatic carbocycles. The number of hydrogen-bond acceptors (Lipinski definition) is 5. The summed E-state index contributed by atoms with van der Waals surface area (Å²) in [4.78, 5) is 16.6. The second-order valence-electron chi connectivity index (χ2n) is 4.99. The normalized spacial score (nSPS) is 12.9. The van der Waals surface area contributed by atoms with E-state index in [2.05, 4.69) is 4.99 Å². The molecular formula is C15H20N2O4S2. The summed E-state index contributed by atoms with van der Waals surface area (Å²) in [7, 11) is -3.27. The highest BCUT2D eigenvalue weighted by Gasteiger charge is 2.12. The lowest BCUT2D eigenvalue weighted by Crippen LogP contribution is -2.19. The van der Waals surface area contributed by atoms with E-state index in [0.717, 1.165) is 10.2 Å². The zero-order chi connectivity index (χ0) is 17.0. The molecule has 0 aliphatic carbocycles. The molecule has 0 bridgehead atoms. The average Bonchev–Trinajstić information content (AvgIpc) is 2.83. The van der Waals surface area contributed by atoms with Gasteiger partial charge in [0.1, 0.15) is 0 Å². The summed E-state index contributed by atoms with van der Waals surface area (Å²) in [6.07, 6.45) is 1.51. The van der Waals surface area contributed by atoms with Gasteiger partial charge < -0.3 is 9.30 Å². The van der Waals surface area contributed by atoms with E-state index in [1.165, 1.54) is 17.6 Å². The lowest BCUT2D eigenvalue weighted by Gasteiger charge is -2.06. The van der Waals surface area contributed by atoms with Gasteiger partial charge in [-0.2, -0.15) is 4.99 Å². The number of sulfone groups is 1. The summed E-state index contributed by atoms with van der Waals surface area (Å²) in [6.45, 7) is 5.35. The highest BCUT2D eigenvalue weighted by atomic mass is 32.2. The smallest absolute Gasteiger partial charge is 0.248 e. The zero-order valence-corrected chi connectivity index (χ0v) is 15.0. The van der Waals surface area contributed by atoms with E-state index in [-0.39, 0.29) is 10.8 Å². The topological polar surface area (TPSA) is 77.7 Å². The van der Waals surface area contributed by atoms with Crippen molar-refractivity contribution in [3.8, 4) is 0 Å². The van der Waals surface area contributed by atoms with Crippen molar-refractivity contribution in [2.75, 3.05) is 19.5 Å². The largest absolute Gasteiger partial charge is 0.380 e. The van der Waals surface area contributed by atoms with Crippen molar-refractivity contribution >= 4 is 37.3 Å². The zero-order valence-electron chi connectivity index (χ0n) is 13.4. The molecule has 0 aliphatic heterocycles. The molecule has 0 saturated heterocycles. The van der Waals surface area contributed by atoms with Crippen molar-refractivity contribution in [1.82, 2.24) is 4.57 Å². The average molecular weight is 356 g/mol. The van der Waals surface area contributed by atoms with E-state index in [1.54, 1.807) is 25.1 Å². The van der Waals surface area contributed by atoms with Gasteiger partial charge in [0.15, 0.2) is 14.6 Å². The predicted octanol–water partition coefficient (Wildman–Crippen LogP) is 1.98. The van der Waals surface area contributed by atoms with Gasteiger partial charge in [0.05, 0.1) is 21.7 Å². The SMILES string of the molecule is CCOCCn1c(=NC(=O)CC)sc2cc(S(C)(=O)=O)ccc21. The summed E-state index contributed by atoms with van der Waals surface area (Å²) in [6, 6.07) is 4.96. The third-order valence-corrected chi connectivity index (χ3v) is 5.42. The lowest BCUT2D eigenvalue weighted by atomic mass is 10.3. The number of amides is 1. The molecule has 126 valence electrons. The Kier molecular flexibility index (Phi) is 5.72. The van der Waals surface area contributed by atoms with Crippen LogP contribution in [0.3, 0.4) is 0 Å². The molecule has 2 aromatic rings. The fourth-order valence-electron chi connectivity index (χ4n) is 2.07. The van der Waals surface area contributed by atoms with Gasteiger partial charge >= 0.3 is 0 Å². The summed E-state index contributed by atoms with van der Waals surface area (Å²) >= 11 is 1.31. The van der Waals surface area contributed by atoms with Crippen LogP contribution in [0.4, 0.5) is 0 Å². The first-order valence-electron chi connectivity index (χ1n) is 7.35. The molecule has 1 aromatic heterocycles. The molecule has 6 nitrogen and oxygen atoms in total. The van der Waals surface area contributed by atoms with E-state index in [9.17, 15) is 13.2 Å². The maximum Gasteiger partial charge on any atom is 0.248 e. The summed E-state index contributed by atoms with van der Waals surface area (Å²) < 4.78 is 31.5. The maximum atomic E-state index is 11.7. The monoisotopic (exact) mass is 356 g/mol. The fourth-order valence-corrected chi connectivity index (χ4v) is 3.91. The number of carbonyl (C=O) groups excluding carboxylic acids is 1. The number of thiazole rings is 1. The van der Waals surface area contributed by atoms with Gasteiger partial charge in [-0.05, 0) is 25.1 Å². The van der Waals surface area contributed by atoms with Crippen molar-refractivity contribution < 1.29 is 17.9 Å². The van der Waals surface area contributed by atoms with Crippen LogP contribution in [0.2, 0.25) is 0 Å². The minimum atomic E-state index is -3.27. The third kappa shape index (κ3) is 4.27. The van der Waals surface area contributed by atoms with Crippen LogP contribution in [0.25, 0.3) is 10.2 Å². The number of ether oxygens (including phenoxy) is 1. The van der Waals surface area contributed by atoms with Crippen LogP contribution in [-0.2, 0) is 25.9 Å². The maximum absolute atomic E-state index is 11.7. The number of carbonyl (C=O) groups is 1. The Morgan fingerprint density at radius 2 is 2.09 bits per heavy atom. The van der Waals surface area contributed by atoms with Crippen LogP contribution in [0.15, 0.2) is 28.1 Å². The molecule has 8 heteroatoms.